The van der Waals surface area contributed by atoms with Gasteiger partial charge in [-0.2, -0.15) is 13.2 Å². The largest absolute Gasteiger partial charge is 0.481 e. The van der Waals surface area contributed by atoms with E-state index in [9.17, 15) is 18.0 Å². The van der Waals surface area contributed by atoms with Gasteiger partial charge in [-0.15, -0.1) is 0 Å². The van der Waals surface area contributed by atoms with Crippen LogP contribution in [0.5, 0.6) is 0 Å². The van der Waals surface area contributed by atoms with Crippen molar-refractivity contribution in [2.24, 2.45) is 5.92 Å². The number of alkyl halides is 3. The van der Waals surface area contributed by atoms with Gasteiger partial charge in [-0.05, 0) is 34.1 Å². The number of rotatable bonds is 4. The topological polar surface area (TPSA) is 49.3 Å². The number of nitrogens with one attached hydrogen (secondary N) is 1. The Hall–Kier alpha value is -1.24. The van der Waals surface area contributed by atoms with E-state index in [4.69, 9.17) is 5.11 Å². The summed E-state index contributed by atoms with van der Waals surface area (Å²) in [6.45, 7) is 1.52. The van der Waals surface area contributed by atoms with Crippen molar-refractivity contribution >= 4 is 27.6 Å². The van der Waals surface area contributed by atoms with Crippen LogP contribution in [-0.2, 0) is 11.0 Å². The van der Waals surface area contributed by atoms with Crippen LogP contribution in [0.4, 0.5) is 18.9 Å². The molecule has 0 saturated carbocycles. The van der Waals surface area contributed by atoms with Gasteiger partial charge in [-0.1, -0.05) is 6.92 Å². The Kier molecular flexibility index (Phi) is 4.61. The minimum atomic E-state index is -4.42. The van der Waals surface area contributed by atoms with Gasteiger partial charge in [0.05, 0.1) is 11.5 Å². The van der Waals surface area contributed by atoms with Crippen molar-refractivity contribution in [2.45, 2.75) is 13.1 Å². The lowest BCUT2D eigenvalue weighted by molar-refractivity contribution is -0.140. The standard InChI is InChI=1S/C11H11BrF3NO2/c1-6(10(17)18)5-16-9-4-7(11(13,14)15)2-3-8(9)12/h2-4,6,16H,5H2,1H3,(H,17,18). The van der Waals surface area contributed by atoms with Crippen molar-refractivity contribution in [1.82, 2.24) is 0 Å². The van der Waals surface area contributed by atoms with Gasteiger partial charge in [0.1, 0.15) is 0 Å². The van der Waals surface area contributed by atoms with Crippen LogP contribution in [0.2, 0.25) is 0 Å². The van der Waals surface area contributed by atoms with Crippen LogP contribution in [0.15, 0.2) is 22.7 Å². The fourth-order valence-corrected chi connectivity index (χ4v) is 1.57. The van der Waals surface area contributed by atoms with Crippen molar-refractivity contribution in [2.75, 3.05) is 11.9 Å². The third-order valence-corrected chi connectivity index (χ3v) is 3.01. The molecule has 0 aliphatic rings. The minimum Gasteiger partial charge on any atom is -0.481 e. The summed E-state index contributed by atoms with van der Waals surface area (Å²) in [7, 11) is 0. The van der Waals surface area contributed by atoms with E-state index in [0.29, 0.717) is 4.47 Å². The van der Waals surface area contributed by atoms with Crippen LogP contribution in [0.1, 0.15) is 12.5 Å². The minimum absolute atomic E-state index is 0.0508. The molecule has 7 heteroatoms. The van der Waals surface area contributed by atoms with Gasteiger partial charge in [0.25, 0.3) is 0 Å². The molecule has 0 bridgehead atoms. The van der Waals surface area contributed by atoms with Crippen LogP contribution < -0.4 is 5.32 Å². The number of aliphatic carboxylic acids is 1. The van der Waals surface area contributed by atoms with E-state index in [-0.39, 0.29) is 12.2 Å². The number of hydrogen-bond donors (Lipinski definition) is 2. The molecule has 0 radical (unpaired) electrons. The molecule has 100 valence electrons. The molecule has 0 aromatic heterocycles. The molecule has 1 aromatic rings. The van der Waals surface area contributed by atoms with Crippen molar-refractivity contribution in [3.63, 3.8) is 0 Å². The van der Waals surface area contributed by atoms with E-state index >= 15 is 0 Å². The molecule has 3 nitrogen and oxygen atoms in total. The summed E-state index contributed by atoms with van der Waals surface area (Å²) < 4.78 is 37.9. The highest BCUT2D eigenvalue weighted by Gasteiger charge is 2.30. The lowest BCUT2D eigenvalue weighted by Crippen LogP contribution is -2.20. The summed E-state index contributed by atoms with van der Waals surface area (Å²) >= 11 is 3.11. The average Bonchev–Trinajstić information content (AvgIpc) is 2.25. The Balaban J connectivity index is 2.85. The van der Waals surface area contributed by atoms with Gasteiger partial charge in [0.2, 0.25) is 0 Å². The van der Waals surface area contributed by atoms with Gasteiger partial charge < -0.3 is 10.4 Å². The fourth-order valence-electron chi connectivity index (χ4n) is 1.19. The van der Waals surface area contributed by atoms with Crippen molar-refractivity contribution in [3.05, 3.63) is 28.2 Å². The molecule has 1 rings (SSSR count). The van der Waals surface area contributed by atoms with E-state index in [2.05, 4.69) is 21.2 Å². The normalized spacial score (nSPS) is 13.2. The first-order valence-corrected chi connectivity index (χ1v) is 5.84. The Bertz CT molecular complexity index is 448. The van der Waals surface area contributed by atoms with Gasteiger partial charge in [0, 0.05) is 16.7 Å². The average molecular weight is 326 g/mol. The second kappa shape index (κ2) is 5.60. The highest BCUT2D eigenvalue weighted by atomic mass is 79.9. The summed E-state index contributed by atoms with van der Waals surface area (Å²) in [5, 5.41) is 11.4. The Morgan fingerprint density at radius 3 is 2.61 bits per heavy atom. The SMILES string of the molecule is CC(CNc1cc(C(F)(F)F)ccc1Br)C(=O)O. The van der Waals surface area contributed by atoms with E-state index in [1.165, 1.54) is 13.0 Å². The molecule has 0 aliphatic heterocycles. The Labute approximate surface area is 110 Å². The fraction of sp³-hybridized carbons (Fsp3) is 0.364. The monoisotopic (exact) mass is 325 g/mol. The Morgan fingerprint density at radius 2 is 2.11 bits per heavy atom. The third-order valence-electron chi connectivity index (χ3n) is 2.31. The quantitative estimate of drug-likeness (QED) is 0.889. The number of carboxylic acids is 1. The summed E-state index contributed by atoms with van der Waals surface area (Å²) in [5.41, 5.74) is -0.561. The number of carbonyl (C=O) groups is 1. The summed E-state index contributed by atoms with van der Waals surface area (Å²) in [6, 6.07) is 3.17. The first-order chi connectivity index (χ1) is 8.21. The highest BCUT2D eigenvalue weighted by Crippen LogP contribution is 2.33. The molecule has 0 spiro atoms. The maximum absolute atomic E-state index is 12.5. The number of benzene rings is 1. The summed E-state index contributed by atoms with van der Waals surface area (Å²) in [5.74, 6) is -1.70. The molecule has 0 amide bonds. The van der Waals surface area contributed by atoms with Gasteiger partial charge in [0.15, 0.2) is 0 Å². The van der Waals surface area contributed by atoms with Crippen LogP contribution >= 0.6 is 15.9 Å². The van der Waals surface area contributed by atoms with E-state index in [1.807, 2.05) is 0 Å². The van der Waals surface area contributed by atoms with Gasteiger partial charge >= 0.3 is 12.1 Å². The highest BCUT2D eigenvalue weighted by molar-refractivity contribution is 9.10. The van der Waals surface area contributed by atoms with Crippen molar-refractivity contribution in [3.8, 4) is 0 Å². The lowest BCUT2D eigenvalue weighted by Gasteiger charge is -2.14. The van der Waals surface area contributed by atoms with Crippen LogP contribution in [0.3, 0.4) is 0 Å². The molecule has 0 fully saturated rings. The van der Waals surface area contributed by atoms with Crippen molar-refractivity contribution < 1.29 is 23.1 Å². The number of carboxylic acid groups (broad SMARTS) is 1. The molecule has 0 aliphatic carbocycles. The molecule has 2 N–H and O–H groups in total. The van der Waals surface area contributed by atoms with Crippen LogP contribution in [0, 0.1) is 5.92 Å². The second-order valence-electron chi connectivity index (χ2n) is 3.81. The zero-order chi connectivity index (χ0) is 13.9. The molecule has 0 heterocycles. The predicted molar refractivity (Wildman–Crippen MR) is 64.4 cm³/mol. The molecule has 1 atom stereocenters. The number of hydrogen-bond acceptors (Lipinski definition) is 2. The maximum Gasteiger partial charge on any atom is 0.416 e. The molecule has 1 unspecified atom stereocenters. The van der Waals surface area contributed by atoms with Gasteiger partial charge in [-0.3, -0.25) is 4.79 Å². The molecular formula is C11H11BrF3NO2. The molecule has 0 saturated heterocycles. The first kappa shape index (κ1) is 14.8. The molecule has 18 heavy (non-hydrogen) atoms. The smallest absolute Gasteiger partial charge is 0.416 e. The Morgan fingerprint density at radius 1 is 1.50 bits per heavy atom. The van der Waals surface area contributed by atoms with Crippen LogP contribution in [-0.4, -0.2) is 17.6 Å². The summed E-state index contributed by atoms with van der Waals surface area (Å²) in [4.78, 5) is 10.6. The zero-order valence-electron chi connectivity index (χ0n) is 9.38. The second-order valence-corrected chi connectivity index (χ2v) is 4.67. The predicted octanol–water partition coefficient (Wildman–Crippen LogP) is 3.60. The van der Waals surface area contributed by atoms with Crippen LogP contribution in [0.25, 0.3) is 0 Å². The molecular weight excluding hydrogens is 315 g/mol. The first-order valence-electron chi connectivity index (χ1n) is 5.05. The lowest BCUT2D eigenvalue weighted by atomic mass is 10.1. The van der Waals surface area contributed by atoms with E-state index < -0.39 is 23.6 Å². The summed E-state index contributed by atoms with van der Waals surface area (Å²) in [6.07, 6.45) is -4.42. The maximum atomic E-state index is 12.5. The van der Waals surface area contributed by atoms with Crippen molar-refractivity contribution in [1.29, 1.82) is 0 Å². The third kappa shape index (κ3) is 3.90. The van der Waals surface area contributed by atoms with E-state index in [1.54, 1.807) is 0 Å². The molecule has 1 aromatic carbocycles. The number of anilines is 1. The number of halogens is 4. The van der Waals surface area contributed by atoms with E-state index in [0.717, 1.165) is 12.1 Å². The van der Waals surface area contributed by atoms with Gasteiger partial charge in [-0.25, -0.2) is 0 Å². The zero-order valence-corrected chi connectivity index (χ0v) is 11.0.